The van der Waals surface area contributed by atoms with Gasteiger partial charge < -0.3 is 19.3 Å². The molecule has 1 amide bonds. The standard InChI is InChI=1S/C23H18ClN3O4/c1-29-18-12-6-15(7-13-18)22-26-21(31-27-22)14-30-20-5-3-2-4-19(20)23(28)25-17-10-8-16(24)9-11-17/h2-13H,14H2,1H3,(H,25,28). The molecule has 0 saturated heterocycles. The molecule has 1 N–H and O–H groups in total. The molecule has 3 aromatic carbocycles. The van der Waals surface area contributed by atoms with Gasteiger partial charge in [-0.2, -0.15) is 4.98 Å². The summed E-state index contributed by atoms with van der Waals surface area (Å²) in [7, 11) is 1.60. The molecule has 0 unspecified atom stereocenters. The number of hydrogen-bond donors (Lipinski definition) is 1. The van der Waals surface area contributed by atoms with Crippen molar-refractivity contribution in [1.29, 1.82) is 0 Å². The van der Waals surface area contributed by atoms with Crippen molar-refractivity contribution in [3.63, 3.8) is 0 Å². The third-order valence-corrected chi connectivity index (χ3v) is 4.65. The van der Waals surface area contributed by atoms with E-state index in [0.29, 0.717) is 33.7 Å². The normalized spacial score (nSPS) is 10.5. The largest absolute Gasteiger partial charge is 0.497 e. The molecule has 8 heteroatoms. The predicted molar refractivity (Wildman–Crippen MR) is 116 cm³/mol. The Balaban J connectivity index is 1.44. The van der Waals surface area contributed by atoms with Crippen molar-refractivity contribution in [2.75, 3.05) is 12.4 Å². The van der Waals surface area contributed by atoms with Crippen LogP contribution in [0.5, 0.6) is 11.5 Å². The zero-order valence-electron chi connectivity index (χ0n) is 16.5. The summed E-state index contributed by atoms with van der Waals surface area (Å²) in [5.41, 5.74) is 1.80. The van der Waals surface area contributed by atoms with Crippen molar-refractivity contribution in [3.05, 3.63) is 89.3 Å². The number of carbonyl (C=O) groups is 1. The summed E-state index contributed by atoms with van der Waals surface area (Å²) < 4.78 is 16.2. The van der Waals surface area contributed by atoms with Crippen molar-refractivity contribution >= 4 is 23.2 Å². The second-order valence-electron chi connectivity index (χ2n) is 6.49. The molecule has 156 valence electrons. The molecule has 0 fully saturated rings. The van der Waals surface area contributed by atoms with Gasteiger partial charge in [0.25, 0.3) is 11.8 Å². The van der Waals surface area contributed by atoms with Gasteiger partial charge in [0.1, 0.15) is 11.5 Å². The third kappa shape index (κ3) is 5.02. The maximum atomic E-state index is 12.7. The van der Waals surface area contributed by atoms with Crippen LogP contribution in [0.3, 0.4) is 0 Å². The number of hydrogen-bond acceptors (Lipinski definition) is 6. The summed E-state index contributed by atoms with van der Waals surface area (Å²) in [5, 5.41) is 7.39. The van der Waals surface area contributed by atoms with Gasteiger partial charge >= 0.3 is 0 Å². The Labute approximate surface area is 183 Å². The average Bonchev–Trinajstić information content (AvgIpc) is 3.28. The first kappa shape index (κ1) is 20.4. The van der Waals surface area contributed by atoms with Crippen LogP contribution in [-0.4, -0.2) is 23.2 Å². The van der Waals surface area contributed by atoms with Crippen LogP contribution in [0.25, 0.3) is 11.4 Å². The number of rotatable bonds is 7. The van der Waals surface area contributed by atoms with E-state index in [4.69, 9.17) is 25.6 Å². The van der Waals surface area contributed by atoms with Gasteiger partial charge in [-0.1, -0.05) is 28.9 Å². The first-order valence-electron chi connectivity index (χ1n) is 9.38. The summed E-state index contributed by atoms with van der Waals surface area (Å²) >= 11 is 5.89. The van der Waals surface area contributed by atoms with Gasteiger partial charge in [-0.05, 0) is 60.7 Å². The molecule has 4 rings (SSSR count). The molecule has 1 aromatic heterocycles. The fourth-order valence-corrected chi connectivity index (χ4v) is 2.95. The fourth-order valence-electron chi connectivity index (χ4n) is 2.82. The number of carbonyl (C=O) groups excluding carboxylic acids is 1. The smallest absolute Gasteiger partial charge is 0.264 e. The Kier molecular flexibility index (Phi) is 6.14. The Morgan fingerprint density at radius 2 is 1.77 bits per heavy atom. The predicted octanol–water partition coefficient (Wildman–Crippen LogP) is 5.23. The van der Waals surface area contributed by atoms with Crippen LogP contribution in [0, 0.1) is 0 Å². The molecule has 0 radical (unpaired) electrons. The minimum atomic E-state index is -0.303. The van der Waals surface area contributed by atoms with Crippen LogP contribution in [0.4, 0.5) is 5.69 Å². The number of aromatic nitrogens is 2. The topological polar surface area (TPSA) is 86.5 Å². The SMILES string of the molecule is COc1ccc(-c2noc(COc3ccccc3C(=O)Nc3ccc(Cl)cc3)n2)cc1. The molecule has 0 atom stereocenters. The van der Waals surface area contributed by atoms with E-state index in [1.807, 2.05) is 24.3 Å². The number of ether oxygens (including phenoxy) is 2. The van der Waals surface area contributed by atoms with E-state index in [2.05, 4.69) is 15.5 Å². The second-order valence-corrected chi connectivity index (χ2v) is 6.92. The molecule has 4 aromatic rings. The van der Waals surface area contributed by atoms with Crippen LogP contribution in [0.15, 0.2) is 77.3 Å². The van der Waals surface area contributed by atoms with Crippen molar-refractivity contribution < 1.29 is 18.8 Å². The average molecular weight is 436 g/mol. The van der Waals surface area contributed by atoms with Gasteiger partial charge in [0.15, 0.2) is 6.61 Å². The minimum absolute atomic E-state index is 0.0222. The first-order chi connectivity index (χ1) is 15.1. The fraction of sp³-hybridized carbons (Fsp3) is 0.0870. The second kappa shape index (κ2) is 9.32. The number of nitrogens with one attached hydrogen (secondary N) is 1. The van der Waals surface area contributed by atoms with Crippen molar-refractivity contribution in [2.24, 2.45) is 0 Å². The molecule has 0 aliphatic rings. The molecule has 1 heterocycles. The Morgan fingerprint density at radius 1 is 1.03 bits per heavy atom. The number of amides is 1. The van der Waals surface area contributed by atoms with Gasteiger partial charge in [-0.15, -0.1) is 0 Å². The number of nitrogens with zero attached hydrogens (tertiary/aromatic N) is 2. The highest BCUT2D eigenvalue weighted by atomic mass is 35.5. The molecular weight excluding hydrogens is 418 g/mol. The van der Waals surface area contributed by atoms with E-state index >= 15 is 0 Å². The van der Waals surface area contributed by atoms with Gasteiger partial charge in [0, 0.05) is 16.3 Å². The lowest BCUT2D eigenvalue weighted by Gasteiger charge is -2.10. The van der Waals surface area contributed by atoms with Crippen LogP contribution in [0.2, 0.25) is 5.02 Å². The lowest BCUT2D eigenvalue weighted by molar-refractivity contribution is 0.102. The Hall–Kier alpha value is -3.84. The number of benzene rings is 3. The zero-order valence-corrected chi connectivity index (χ0v) is 17.3. The lowest BCUT2D eigenvalue weighted by Crippen LogP contribution is -2.13. The van der Waals surface area contributed by atoms with Crippen molar-refractivity contribution in [2.45, 2.75) is 6.61 Å². The summed E-state index contributed by atoms with van der Waals surface area (Å²) in [4.78, 5) is 17.0. The van der Waals surface area contributed by atoms with E-state index in [1.54, 1.807) is 55.6 Å². The summed E-state index contributed by atoms with van der Waals surface area (Å²) in [6, 6.07) is 21.1. The molecule has 31 heavy (non-hydrogen) atoms. The monoisotopic (exact) mass is 435 g/mol. The van der Waals surface area contributed by atoms with Crippen LogP contribution >= 0.6 is 11.6 Å². The first-order valence-corrected chi connectivity index (χ1v) is 9.76. The Bertz CT molecular complexity index is 1170. The molecule has 7 nitrogen and oxygen atoms in total. The van der Waals surface area contributed by atoms with Crippen molar-refractivity contribution in [3.8, 4) is 22.9 Å². The van der Waals surface area contributed by atoms with E-state index in [-0.39, 0.29) is 12.5 Å². The summed E-state index contributed by atoms with van der Waals surface area (Å²) in [5.74, 6) is 1.57. The lowest BCUT2D eigenvalue weighted by atomic mass is 10.2. The van der Waals surface area contributed by atoms with E-state index in [1.165, 1.54) is 0 Å². The highest BCUT2D eigenvalue weighted by Gasteiger charge is 2.15. The van der Waals surface area contributed by atoms with E-state index in [0.717, 1.165) is 11.3 Å². The van der Waals surface area contributed by atoms with Gasteiger partial charge in [0.05, 0.1) is 12.7 Å². The number of halogens is 1. The molecule has 0 aliphatic heterocycles. The summed E-state index contributed by atoms with van der Waals surface area (Å²) in [6.07, 6.45) is 0. The van der Waals surface area contributed by atoms with Crippen LogP contribution in [0.1, 0.15) is 16.2 Å². The quantitative estimate of drug-likeness (QED) is 0.427. The molecule has 0 bridgehead atoms. The zero-order chi connectivity index (χ0) is 21.6. The maximum Gasteiger partial charge on any atom is 0.264 e. The van der Waals surface area contributed by atoms with Crippen LogP contribution < -0.4 is 14.8 Å². The number of methoxy groups -OCH3 is 1. The number of para-hydroxylation sites is 1. The maximum absolute atomic E-state index is 12.7. The molecular formula is C23H18ClN3O4. The van der Waals surface area contributed by atoms with E-state index < -0.39 is 0 Å². The van der Waals surface area contributed by atoms with Crippen molar-refractivity contribution in [1.82, 2.24) is 10.1 Å². The third-order valence-electron chi connectivity index (χ3n) is 4.40. The van der Waals surface area contributed by atoms with Gasteiger partial charge in [-0.25, -0.2) is 0 Å². The summed E-state index contributed by atoms with van der Waals surface area (Å²) in [6.45, 7) is 0.0222. The van der Waals surface area contributed by atoms with Gasteiger partial charge in [0.2, 0.25) is 5.82 Å². The molecule has 0 saturated carbocycles. The van der Waals surface area contributed by atoms with Crippen LogP contribution in [-0.2, 0) is 6.61 Å². The van der Waals surface area contributed by atoms with E-state index in [9.17, 15) is 4.79 Å². The minimum Gasteiger partial charge on any atom is -0.497 e. The Morgan fingerprint density at radius 3 is 2.52 bits per heavy atom. The highest BCUT2D eigenvalue weighted by molar-refractivity contribution is 6.30. The highest BCUT2D eigenvalue weighted by Crippen LogP contribution is 2.23. The molecule has 0 aliphatic carbocycles. The molecule has 0 spiro atoms. The van der Waals surface area contributed by atoms with Gasteiger partial charge in [-0.3, -0.25) is 4.79 Å². The number of anilines is 1.